The van der Waals surface area contributed by atoms with Crippen molar-refractivity contribution in [2.24, 2.45) is 5.73 Å². The Morgan fingerprint density at radius 3 is 2.50 bits per heavy atom. The first-order valence-electron chi connectivity index (χ1n) is 5.45. The Balaban J connectivity index is 2.41. The Morgan fingerprint density at radius 1 is 1.45 bits per heavy atom. The topological polar surface area (TPSA) is 85.1 Å². The summed E-state index contributed by atoms with van der Waals surface area (Å²) in [6, 6.07) is 2.39. The first kappa shape index (κ1) is 15.1. The van der Waals surface area contributed by atoms with Crippen molar-refractivity contribution >= 4 is 27.2 Å². The fraction of sp³-hybridized carbons (Fsp3) is 0.400. The fourth-order valence-electron chi connectivity index (χ4n) is 1.67. The summed E-state index contributed by atoms with van der Waals surface area (Å²) in [4.78, 5) is 2.93. The number of rotatable bonds is 4. The maximum absolute atomic E-state index is 12.8. The number of thiocarbonyl (C=S) groups is 1. The summed E-state index contributed by atoms with van der Waals surface area (Å²) in [5, 5.41) is 0. The normalized spacial score (nSPS) is 17.8. The zero-order valence-electron chi connectivity index (χ0n) is 9.94. The SMILES string of the molecule is NC(=S)c1ncccc1S(=O)(=O)NC1(C(F)(F)F)CC1. The molecule has 110 valence electrons. The Kier molecular flexibility index (Phi) is 3.51. The highest BCUT2D eigenvalue weighted by Gasteiger charge is 2.65. The minimum atomic E-state index is -4.65. The number of hydrogen-bond donors (Lipinski definition) is 2. The molecule has 0 atom stereocenters. The number of sulfonamides is 1. The lowest BCUT2D eigenvalue weighted by molar-refractivity contribution is -0.160. The standard InChI is InChI=1S/C10H10F3N3O2S2/c11-10(12,13)9(3-4-9)16-20(17,18)6-2-1-5-15-7(6)8(14)19/h1-2,5,16H,3-4H2,(H2,14,19). The minimum Gasteiger partial charge on any atom is -0.388 e. The molecule has 0 saturated heterocycles. The summed E-state index contributed by atoms with van der Waals surface area (Å²) >= 11 is 4.65. The van der Waals surface area contributed by atoms with Gasteiger partial charge in [-0.05, 0) is 25.0 Å². The third-order valence-electron chi connectivity index (χ3n) is 2.92. The van der Waals surface area contributed by atoms with E-state index >= 15 is 0 Å². The van der Waals surface area contributed by atoms with Gasteiger partial charge in [-0.25, -0.2) is 8.42 Å². The van der Waals surface area contributed by atoms with Crippen molar-refractivity contribution in [1.82, 2.24) is 9.71 Å². The number of aromatic nitrogens is 1. The van der Waals surface area contributed by atoms with E-state index in [9.17, 15) is 21.6 Å². The summed E-state index contributed by atoms with van der Waals surface area (Å²) in [5.41, 5.74) is 2.71. The molecule has 1 fully saturated rings. The molecular formula is C10H10F3N3O2S2. The second-order valence-corrected chi connectivity index (χ2v) is 6.49. The average Bonchev–Trinajstić information content (AvgIpc) is 3.08. The largest absolute Gasteiger partial charge is 0.407 e. The monoisotopic (exact) mass is 325 g/mol. The lowest BCUT2D eigenvalue weighted by Gasteiger charge is -2.21. The number of pyridine rings is 1. The highest BCUT2D eigenvalue weighted by molar-refractivity contribution is 7.89. The molecule has 0 amide bonds. The van der Waals surface area contributed by atoms with E-state index in [-0.39, 0.29) is 23.5 Å². The van der Waals surface area contributed by atoms with E-state index in [4.69, 9.17) is 5.73 Å². The molecular weight excluding hydrogens is 315 g/mol. The van der Waals surface area contributed by atoms with Crippen LogP contribution in [0, 0.1) is 0 Å². The van der Waals surface area contributed by atoms with Crippen molar-refractivity contribution in [3.8, 4) is 0 Å². The van der Waals surface area contributed by atoms with Crippen LogP contribution in [0.15, 0.2) is 23.2 Å². The molecule has 1 saturated carbocycles. The number of alkyl halides is 3. The van der Waals surface area contributed by atoms with Gasteiger partial charge in [0.1, 0.15) is 21.1 Å². The van der Waals surface area contributed by atoms with Gasteiger partial charge in [0.05, 0.1) is 0 Å². The van der Waals surface area contributed by atoms with Crippen molar-refractivity contribution in [3.63, 3.8) is 0 Å². The van der Waals surface area contributed by atoms with Gasteiger partial charge in [-0.3, -0.25) is 4.98 Å². The molecule has 2 rings (SSSR count). The number of nitrogens with zero attached hydrogens (tertiary/aromatic N) is 1. The number of nitrogens with one attached hydrogen (secondary N) is 1. The number of halogens is 3. The van der Waals surface area contributed by atoms with Gasteiger partial charge in [-0.1, -0.05) is 12.2 Å². The molecule has 1 aromatic heterocycles. The van der Waals surface area contributed by atoms with Crippen LogP contribution in [-0.4, -0.2) is 30.1 Å². The maximum atomic E-state index is 12.8. The summed E-state index contributed by atoms with van der Waals surface area (Å²) in [7, 11) is -4.41. The Morgan fingerprint density at radius 2 is 2.05 bits per heavy atom. The molecule has 0 unspecified atom stereocenters. The Hall–Kier alpha value is -1.26. The summed E-state index contributed by atoms with van der Waals surface area (Å²) < 4.78 is 64.3. The van der Waals surface area contributed by atoms with Crippen LogP contribution in [0.5, 0.6) is 0 Å². The second-order valence-electron chi connectivity index (χ2n) is 4.40. The van der Waals surface area contributed by atoms with E-state index in [2.05, 4.69) is 17.2 Å². The minimum absolute atomic E-state index is 0.229. The van der Waals surface area contributed by atoms with Crippen LogP contribution in [0.3, 0.4) is 0 Å². The Bertz CT molecular complexity index is 654. The average molecular weight is 325 g/mol. The maximum Gasteiger partial charge on any atom is 0.407 e. The van der Waals surface area contributed by atoms with E-state index < -0.39 is 26.6 Å². The van der Waals surface area contributed by atoms with Gasteiger partial charge in [-0.2, -0.15) is 17.9 Å². The lowest BCUT2D eigenvalue weighted by atomic mass is 10.3. The predicted molar refractivity (Wildman–Crippen MR) is 68.5 cm³/mol. The molecule has 10 heteroatoms. The summed E-state index contributed by atoms with van der Waals surface area (Å²) in [6.07, 6.45) is -3.98. The molecule has 20 heavy (non-hydrogen) atoms. The van der Waals surface area contributed by atoms with Gasteiger partial charge in [0.25, 0.3) is 0 Å². The van der Waals surface area contributed by atoms with Gasteiger partial charge < -0.3 is 5.73 Å². The van der Waals surface area contributed by atoms with E-state index in [1.165, 1.54) is 12.3 Å². The molecule has 1 aliphatic carbocycles. The van der Waals surface area contributed by atoms with Crippen molar-refractivity contribution in [2.75, 3.05) is 0 Å². The zero-order valence-corrected chi connectivity index (χ0v) is 11.6. The predicted octanol–water partition coefficient (Wildman–Crippen LogP) is 1.09. The third-order valence-corrected chi connectivity index (χ3v) is 4.68. The Labute approximate surface area is 118 Å². The van der Waals surface area contributed by atoms with Crippen molar-refractivity contribution in [1.29, 1.82) is 0 Å². The van der Waals surface area contributed by atoms with E-state index in [1.54, 1.807) is 4.72 Å². The molecule has 0 aliphatic heterocycles. The third kappa shape index (κ3) is 2.63. The first-order chi connectivity index (χ1) is 9.09. The van der Waals surface area contributed by atoms with Crippen molar-refractivity contribution < 1.29 is 21.6 Å². The quantitative estimate of drug-likeness (QED) is 0.810. The van der Waals surface area contributed by atoms with Crippen LogP contribution in [0.4, 0.5) is 13.2 Å². The van der Waals surface area contributed by atoms with Crippen LogP contribution in [0.1, 0.15) is 18.5 Å². The van der Waals surface area contributed by atoms with Crippen LogP contribution in [-0.2, 0) is 10.0 Å². The zero-order chi connectivity index (χ0) is 15.2. The molecule has 1 aliphatic rings. The lowest BCUT2D eigenvalue weighted by Crippen LogP contribution is -2.48. The second kappa shape index (κ2) is 4.64. The molecule has 1 aromatic rings. The van der Waals surface area contributed by atoms with Gasteiger partial charge in [0.2, 0.25) is 10.0 Å². The first-order valence-corrected chi connectivity index (χ1v) is 7.34. The molecule has 0 aromatic carbocycles. The summed E-state index contributed by atoms with van der Waals surface area (Å²) in [6.45, 7) is 0. The van der Waals surface area contributed by atoms with E-state index in [0.29, 0.717) is 0 Å². The number of hydrogen-bond acceptors (Lipinski definition) is 4. The molecule has 3 N–H and O–H groups in total. The van der Waals surface area contributed by atoms with Gasteiger partial charge in [-0.15, -0.1) is 0 Å². The van der Waals surface area contributed by atoms with Gasteiger partial charge in [0, 0.05) is 6.20 Å². The number of nitrogens with two attached hydrogens (primary N) is 1. The highest BCUT2D eigenvalue weighted by atomic mass is 32.2. The van der Waals surface area contributed by atoms with Gasteiger partial charge in [0.15, 0.2) is 0 Å². The molecule has 0 bridgehead atoms. The highest BCUT2D eigenvalue weighted by Crippen LogP contribution is 2.49. The van der Waals surface area contributed by atoms with Crippen LogP contribution >= 0.6 is 12.2 Å². The van der Waals surface area contributed by atoms with E-state index in [1.807, 2.05) is 0 Å². The fourth-order valence-corrected chi connectivity index (χ4v) is 3.52. The van der Waals surface area contributed by atoms with Crippen molar-refractivity contribution in [3.05, 3.63) is 24.0 Å². The molecule has 0 radical (unpaired) electrons. The van der Waals surface area contributed by atoms with Crippen LogP contribution in [0.2, 0.25) is 0 Å². The van der Waals surface area contributed by atoms with E-state index in [0.717, 1.165) is 6.07 Å². The molecule has 5 nitrogen and oxygen atoms in total. The van der Waals surface area contributed by atoms with Crippen molar-refractivity contribution in [2.45, 2.75) is 29.5 Å². The smallest absolute Gasteiger partial charge is 0.388 e. The molecule has 1 heterocycles. The summed E-state index contributed by atoms with van der Waals surface area (Å²) in [5.74, 6) is 0. The van der Waals surface area contributed by atoms with Gasteiger partial charge >= 0.3 is 6.18 Å². The van der Waals surface area contributed by atoms with Crippen LogP contribution in [0.25, 0.3) is 0 Å². The molecule has 0 spiro atoms. The van der Waals surface area contributed by atoms with Crippen LogP contribution < -0.4 is 10.5 Å².